The SMILES string of the molecule is COc1cc(/C=C(\C#N)C(=O)Nc2ccc(C)cc2C)cc(Br)c1OCC(=O)Nc1ccccc1C. The minimum atomic E-state index is -0.521. The zero-order chi connectivity index (χ0) is 26.2. The van der Waals surface area contributed by atoms with Crippen molar-refractivity contribution in [3.05, 3.63) is 86.9 Å². The molecular weight excluding hydrogens is 522 g/mol. The highest BCUT2D eigenvalue weighted by atomic mass is 79.9. The summed E-state index contributed by atoms with van der Waals surface area (Å²) < 4.78 is 11.7. The number of aryl methyl sites for hydroxylation is 3. The Bertz CT molecular complexity index is 1380. The number of hydrogen-bond acceptors (Lipinski definition) is 5. The first-order valence-electron chi connectivity index (χ1n) is 11.1. The second-order valence-electron chi connectivity index (χ2n) is 8.13. The topological polar surface area (TPSA) is 100 Å². The Kier molecular flexibility index (Phi) is 8.87. The van der Waals surface area contributed by atoms with Crippen LogP contribution < -0.4 is 20.1 Å². The molecule has 0 heterocycles. The maximum Gasteiger partial charge on any atom is 0.266 e. The minimum Gasteiger partial charge on any atom is -0.493 e. The lowest BCUT2D eigenvalue weighted by atomic mass is 10.1. The lowest BCUT2D eigenvalue weighted by molar-refractivity contribution is -0.118. The summed E-state index contributed by atoms with van der Waals surface area (Å²) in [6.45, 7) is 5.52. The first kappa shape index (κ1) is 26.5. The zero-order valence-corrected chi connectivity index (χ0v) is 22.0. The molecule has 0 aliphatic heterocycles. The van der Waals surface area contributed by atoms with E-state index in [9.17, 15) is 14.9 Å². The van der Waals surface area contributed by atoms with Crippen LogP contribution in [0.4, 0.5) is 11.4 Å². The summed E-state index contributed by atoms with van der Waals surface area (Å²) in [5, 5.41) is 15.2. The number of anilines is 2. The van der Waals surface area contributed by atoms with E-state index in [1.807, 2.05) is 63.2 Å². The van der Waals surface area contributed by atoms with Crippen molar-refractivity contribution in [3.63, 3.8) is 0 Å². The minimum absolute atomic E-state index is 0.0739. The lowest BCUT2D eigenvalue weighted by Crippen LogP contribution is -2.21. The lowest BCUT2D eigenvalue weighted by Gasteiger charge is -2.14. The quantitative estimate of drug-likeness (QED) is 0.268. The number of nitrogens with zero attached hydrogens (tertiary/aromatic N) is 1. The number of carbonyl (C=O) groups excluding carboxylic acids is 2. The van der Waals surface area contributed by atoms with Crippen molar-refractivity contribution in [2.45, 2.75) is 20.8 Å². The fourth-order valence-electron chi connectivity index (χ4n) is 3.46. The molecule has 0 fully saturated rings. The second kappa shape index (κ2) is 12.0. The Balaban J connectivity index is 1.76. The van der Waals surface area contributed by atoms with Crippen molar-refractivity contribution in [2.75, 3.05) is 24.4 Å². The molecule has 3 aromatic carbocycles. The van der Waals surface area contributed by atoms with Crippen LogP contribution >= 0.6 is 15.9 Å². The summed E-state index contributed by atoms with van der Waals surface area (Å²) in [6.07, 6.45) is 1.46. The molecule has 3 aromatic rings. The van der Waals surface area contributed by atoms with E-state index in [1.54, 1.807) is 18.2 Å². The molecule has 184 valence electrons. The molecule has 0 aliphatic carbocycles. The molecule has 0 saturated heterocycles. The number of halogens is 1. The standard InChI is InChI=1S/C28H26BrN3O4/c1-17-9-10-24(19(3)11-17)32-28(34)21(15-30)12-20-13-22(29)27(25(14-20)35-4)36-16-26(33)31-23-8-6-5-7-18(23)2/h5-14H,16H2,1-4H3,(H,31,33)(H,32,34)/b21-12+. The third-order valence-corrected chi connectivity index (χ3v) is 5.91. The van der Waals surface area contributed by atoms with Crippen molar-refractivity contribution in [3.8, 4) is 17.6 Å². The van der Waals surface area contributed by atoms with Crippen LogP contribution in [0.15, 0.2) is 64.6 Å². The number of para-hydroxylation sites is 1. The van der Waals surface area contributed by atoms with Gasteiger partial charge in [0.25, 0.3) is 11.8 Å². The molecule has 0 radical (unpaired) electrons. The predicted molar refractivity (Wildman–Crippen MR) is 144 cm³/mol. The van der Waals surface area contributed by atoms with E-state index in [-0.39, 0.29) is 18.1 Å². The van der Waals surface area contributed by atoms with Gasteiger partial charge in [-0.05, 0) is 83.7 Å². The van der Waals surface area contributed by atoms with Gasteiger partial charge in [0.2, 0.25) is 0 Å². The van der Waals surface area contributed by atoms with Gasteiger partial charge in [-0.3, -0.25) is 9.59 Å². The van der Waals surface area contributed by atoms with Crippen LogP contribution in [-0.4, -0.2) is 25.5 Å². The van der Waals surface area contributed by atoms with Crippen molar-refractivity contribution in [1.82, 2.24) is 0 Å². The summed E-state index contributed by atoms with van der Waals surface area (Å²) in [6, 6.07) is 18.3. The molecule has 0 unspecified atom stereocenters. The van der Waals surface area contributed by atoms with Gasteiger partial charge in [-0.1, -0.05) is 35.9 Å². The Labute approximate surface area is 218 Å². The van der Waals surface area contributed by atoms with Crippen LogP contribution in [0, 0.1) is 32.1 Å². The maximum absolute atomic E-state index is 12.7. The molecule has 2 amide bonds. The number of carbonyl (C=O) groups is 2. The van der Waals surface area contributed by atoms with E-state index in [1.165, 1.54) is 13.2 Å². The zero-order valence-electron chi connectivity index (χ0n) is 20.4. The fourth-order valence-corrected chi connectivity index (χ4v) is 4.03. The van der Waals surface area contributed by atoms with E-state index in [0.29, 0.717) is 32.9 Å². The van der Waals surface area contributed by atoms with Crippen molar-refractivity contribution < 1.29 is 19.1 Å². The summed E-state index contributed by atoms with van der Waals surface area (Å²) >= 11 is 3.44. The molecule has 0 aromatic heterocycles. The summed E-state index contributed by atoms with van der Waals surface area (Å²) in [4.78, 5) is 25.1. The first-order chi connectivity index (χ1) is 17.2. The molecule has 2 N–H and O–H groups in total. The Morgan fingerprint density at radius 2 is 1.72 bits per heavy atom. The van der Waals surface area contributed by atoms with Crippen LogP contribution in [0.1, 0.15) is 22.3 Å². The molecule has 0 bridgehead atoms. The van der Waals surface area contributed by atoms with Crippen LogP contribution in [-0.2, 0) is 9.59 Å². The molecule has 8 heteroatoms. The molecule has 0 atom stereocenters. The third kappa shape index (κ3) is 6.74. The monoisotopic (exact) mass is 547 g/mol. The predicted octanol–water partition coefficient (Wildman–Crippen LogP) is 5.95. The maximum atomic E-state index is 12.7. The van der Waals surface area contributed by atoms with Gasteiger partial charge in [-0.25, -0.2) is 0 Å². The summed E-state index contributed by atoms with van der Waals surface area (Å²) in [7, 11) is 1.47. The molecule has 0 spiro atoms. The van der Waals surface area contributed by atoms with Gasteiger partial charge >= 0.3 is 0 Å². The Morgan fingerprint density at radius 1 is 1.00 bits per heavy atom. The highest BCUT2D eigenvalue weighted by molar-refractivity contribution is 9.10. The second-order valence-corrected chi connectivity index (χ2v) is 8.98. The van der Waals surface area contributed by atoms with Gasteiger partial charge in [-0.2, -0.15) is 5.26 Å². The van der Waals surface area contributed by atoms with Gasteiger partial charge in [-0.15, -0.1) is 0 Å². The first-order valence-corrected chi connectivity index (χ1v) is 11.9. The number of ether oxygens (including phenoxy) is 2. The van der Waals surface area contributed by atoms with E-state index in [2.05, 4.69) is 26.6 Å². The van der Waals surface area contributed by atoms with Crippen molar-refractivity contribution >= 4 is 45.2 Å². The Morgan fingerprint density at radius 3 is 2.39 bits per heavy atom. The van der Waals surface area contributed by atoms with Crippen LogP contribution in [0.3, 0.4) is 0 Å². The normalized spacial score (nSPS) is 10.8. The molecule has 3 rings (SSSR count). The molecule has 0 aliphatic rings. The Hall–Kier alpha value is -4.09. The molecule has 7 nitrogen and oxygen atoms in total. The van der Waals surface area contributed by atoms with Crippen LogP contribution in [0.5, 0.6) is 11.5 Å². The number of methoxy groups -OCH3 is 1. The van der Waals surface area contributed by atoms with Crippen LogP contribution in [0.25, 0.3) is 6.08 Å². The van der Waals surface area contributed by atoms with Gasteiger partial charge in [0.05, 0.1) is 11.6 Å². The highest BCUT2D eigenvalue weighted by Gasteiger charge is 2.16. The third-order valence-electron chi connectivity index (χ3n) is 5.32. The van der Waals surface area contributed by atoms with E-state index >= 15 is 0 Å². The van der Waals surface area contributed by atoms with E-state index < -0.39 is 5.91 Å². The van der Waals surface area contributed by atoms with Crippen LogP contribution in [0.2, 0.25) is 0 Å². The molecule has 0 saturated carbocycles. The number of hydrogen-bond donors (Lipinski definition) is 2. The van der Waals surface area contributed by atoms with Gasteiger partial charge in [0.15, 0.2) is 18.1 Å². The molecule has 36 heavy (non-hydrogen) atoms. The fraction of sp³-hybridized carbons (Fsp3) is 0.179. The average molecular weight is 548 g/mol. The van der Waals surface area contributed by atoms with Gasteiger partial charge in [0, 0.05) is 11.4 Å². The smallest absolute Gasteiger partial charge is 0.266 e. The summed E-state index contributed by atoms with van der Waals surface area (Å²) in [5.74, 6) is -0.177. The van der Waals surface area contributed by atoms with E-state index in [4.69, 9.17) is 9.47 Å². The number of rotatable bonds is 8. The van der Waals surface area contributed by atoms with Gasteiger partial charge in [0.1, 0.15) is 11.6 Å². The highest BCUT2D eigenvalue weighted by Crippen LogP contribution is 2.37. The number of benzene rings is 3. The largest absolute Gasteiger partial charge is 0.493 e. The number of nitrogens with one attached hydrogen (secondary N) is 2. The van der Waals surface area contributed by atoms with Crippen molar-refractivity contribution in [1.29, 1.82) is 5.26 Å². The average Bonchev–Trinajstić information content (AvgIpc) is 2.84. The van der Waals surface area contributed by atoms with Crippen molar-refractivity contribution in [2.24, 2.45) is 0 Å². The number of amides is 2. The molecular formula is C28H26BrN3O4. The number of nitriles is 1. The van der Waals surface area contributed by atoms with E-state index in [0.717, 1.165) is 16.7 Å². The van der Waals surface area contributed by atoms with Gasteiger partial charge < -0.3 is 20.1 Å². The summed E-state index contributed by atoms with van der Waals surface area (Å²) in [5.41, 5.74) is 4.74.